The van der Waals surface area contributed by atoms with Crippen molar-refractivity contribution in [1.82, 2.24) is 0 Å². The van der Waals surface area contributed by atoms with Crippen molar-refractivity contribution in [2.75, 3.05) is 13.2 Å². The average molecular weight is 1250 g/mol. The normalized spacial score (nSPS) is 12.6. The molecule has 0 spiro atoms. The van der Waals surface area contributed by atoms with Crippen molar-refractivity contribution in [2.24, 2.45) is 0 Å². The molecular weight excluding hydrogens is 1180 g/mol. The molecule has 0 aromatic heterocycles. The van der Waals surface area contributed by atoms with Gasteiger partial charge in [-0.2, -0.15) is 0 Å². The Morgan fingerprint density at radius 3 is 1.07 bits per heavy atom. The van der Waals surface area contributed by atoms with E-state index in [0.717, 1.165) is 68.4 Å². The van der Waals surface area contributed by atoms with Crippen molar-refractivity contribution >= 4 is 104 Å². The highest BCUT2D eigenvalue weighted by molar-refractivity contribution is 9.10. The average Bonchev–Trinajstić information content (AvgIpc) is 2.98. The van der Waals surface area contributed by atoms with Gasteiger partial charge < -0.3 is 9.47 Å². The molecule has 0 N–H and O–H groups in total. The number of ether oxygens (including phenoxy) is 2. The minimum Gasteiger partial charge on any atom is -0.493 e. The molecule has 83 heavy (non-hydrogen) atoms. The fourth-order valence-electron chi connectivity index (χ4n) is 11.8. The summed E-state index contributed by atoms with van der Waals surface area (Å²) in [4.78, 5) is 0. The minimum absolute atomic E-state index is 0.651. The van der Waals surface area contributed by atoms with Crippen LogP contribution in [-0.4, -0.2) is 13.2 Å². The van der Waals surface area contributed by atoms with Crippen molar-refractivity contribution in [3.8, 4) is 22.6 Å². The summed E-state index contributed by atoms with van der Waals surface area (Å²) >= 11 is 8.01. The molecule has 6 heteroatoms. The zero-order valence-electron chi connectivity index (χ0n) is 47.4. The van der Waals surface area contributed by atoms with Gasteiger partial charge >= 0.3 is 0 Å². The Balaban J connectivity index is 1.10. The summed E-state index contributed by atoms with van der Waals surface area (Å²) in [6.07, 6.45) is 18.3. The number of unbranched alkanes of at least 4 members (excludes halogenated alkanes) is 6. The summed E-state index contributed by atoms with van der Waals surface area (Å²) in [6, 6.07) is 89.5. The largest absolute Gasteiger partial charge is 0.493 e. The number of hydrogen-bond donors (Lipinski definition) is 0. The molecule has 414 valence electrons. The summed E-state index contributed by atoms with van der Waals surface area (Å²) in [5, 5.41) is 7.91. The van der Waals surface area contributed by atoms with Crippen LogP contribution >= 0.6 is 47.7 Å². The molecule has 0 radical (unpaired) electrons. The van der Waals surface area contributed by atoms with Crippen LogP contribution in [0.2, 0.25) is 0 Å². The fraction of sp³-hybridized carbons (Fsp3) is 0.169. The van der Waals surface area contributed by atoms with E-state index in [1.54, 1.807) is 0 Å². The maximum Gasteiger partial charge on any atom is 0.126 e. The lowest BCUT2D eigenvalue weighted by Crippen LogP contribution is -2.29. The Morgan fingerprint density at radius 1 is 0.349 bits per heavy atom. The van der Waals surface area contributed by atoms with Gasteiger partial charge in [0.25, 0.3) is 0 Å². The number of benzene rings is 10. The Bertz CT molecular complexity index is 3490. The highest BCUT2D eigenvalue weighted by Gasteiger charge is 2.47. The van der Waals surface area contributed by atoms with Gasteiger partial charge in [-0.1, -0.05) is 303 Å². The second-order valence-electron chi connectivity index (χ2n) is 21.3. The lowest BCUT2D eigenvalue weighted by molar-refractivity contribution is 0.304. The molecule has 0 amide bonds. The van der Waals surface area contributed by atoms with Gasteiger partial charge in [0.1, 0.15) is 11.5 Å². The van der Waals surface area contributed by atoms with Crippen molar-refractivity contribution in [3.05, 3.63) is 296 Å². The third-order valence-electron chi connectivity index (χ3n) is 15.8. The van der Waals surface area contributed by atoms with Gasteiger partial charge in [0, 0.05) is 20.1 Å². The molecule has 0 saturated carbocycles. The first kappa shape index (κ1) is 57.9. The van der Waals surface area contributed by atoms with Crippen LogP contribution in [0.4, 0.5) is 0 Å². The first-order valence-corrected chi connectivity index (χ1v) is 33.7. The van der Waals surface area contributed by atoms with Crippen LogP contribution in [0.1, 0.15) is 110 Å². The molecule has 0 atom stereocenters. The van der Waals surface area contributed by atoms with Crippen LogP contribution in [0.15, 0.2) is 252 Å². The van der Waals surface area contributed by atoms with Gasteiger partial charge in [-0.05, 0) is 154 Å². The van der Waals surface area contributed by atoms with Crippen LogP contribution in [0, 0.1) is 0 Å². The maximum absolute atomic E-state index is 6.89. The van der Waals surface area contributed by atoms with Gasteiger partial charge in [0.15, 0.2) is 0 Å². The molecule has 10 aromatic carbocycles. The molecule has 1 aliphatic rings. The van der Waals surface area contributed by atoms with Crippen molar-refractivity contribution in [3.63, 3.8) is 0 Å². The topological polar surface area (TPSA) is 18.5 Å². The molecule has 1 aliphatic carbocycles. The van der Waals surface area contributed by atoms with E-state index in [1.165, 1.54) is 90.9 Å². The zero-order valence-corrected chi connectivity index (χ0v) is 52.4. The summed E-state index contributed by atoms with van der Waals surface area (Å²) in [5.41, 5.74) is 10.9. The molecule has 0 unspecified atom stereocenters. The minimum atomic E-state index is -0.852. The van der Waals surface area contributed by atoms with Crippen LogP contribution in [0.5, 0.6) is 11.5 Å². The molecule has 0 saturated heterocycles. The van der Waals surface area contributed by atoms with Gasteiger partial charge in [-0.15, -0.1) is 0 Å². The molecule has 0 bridgehead atoms. The molecule has 11 rings (SSSR count). The van der Waals surface area contributed by atoms with Crippen LogP contribution < -0.4 is 41.3 Å². The number of hydrogen-bond acceptors (Lipinski definition) is 2. The first-order valence-electron chi connectivity index (χ1n) is 29.4. The Labute approximate surface area is 512 Å². The predicted molar refractivity (Wildman–Crippen MR) is 367 cm³/mol. The van der Waals surface area contributed by atoms with Gasteiger partial charge in [-0.25, -0.2) is 0 Å². The van der Waals surface area contributed by atoms with E-state index < -0.39 is 21.3 Å². The monoisotopic (exact) mass is 1250 g/mol. The highest BCUT2D eigenvalue weighted by Crippen LogP contribution is 2.58. The summed E-state index contributed by atoms with van der Waals surface area (Å²) < 4.78 is 15.8. The number of fused-ring (bicyclic) bond motifs is 3. The third-order valence-corrected chi connectivity index (χ3v) is 21.8. The van der Waals surface area contributed by atoms with Gasteiger partial charge in [0.05, 0.1) is 18.6 Å². The van der Waals surface area contributed by atoms with E-state index in [9.17, 15) is 0 Å². The Morgan fingerprint density at radius 2 is 0.699 bits per heavy atom. The van der Waals surface area contributed by atoms with Crippen molar-refractivity contribution in [1.29, 1.82) is 0 Å². The third kappa shape index (κ3) is 13.1. The van der Waals surface area contributed by atoms with Gasteiger partial charge in [0.2, 0.25) is 0 Å². The molecule has 0 heterocycles. The first-order chi connectivity index (χ1) is 40.9. The smallest absolute Gasteiger partial charge is 0.126 e. The van der Waals surface area contributed by atoms with Crippen molar-refractivity contribution in [2.45, 2.75) is 70.6 Å². The number of halogens is 2. The quantitative estimate of drug-likeness (QED) is 0.0341. The highest BCUT2D eigenvalue weighted by atomic mass is 79.9. The summed E-state index contributed by atoms with van der Waals surface area (Å²) in [6.45, 7) is 5.82. The molecular formula is C77H70Br2O2P2. The molecule has 10 aromatic rings. The van der Waals surface area contributed by atoms with Crippen LogP contribution in [0.25, 0.3) is 35.4 Å². The fourth-order valence-corrected chi connectivity index (χ4v) is 17.3. The van der Waals surface area contributed by atoms with E-state index in [4.69, 9.17) is 9.47 Å². The Hall–Kier alpha value is -6.90. The second kappa shape index (κ2) is 28.1. The molecule has 0 aliphatic heterocycles. The summed E-state index contributed by atoms with van der Waals surface area (Å²) in [7, 11) is -1.70. The van der Waals surface area contributed by atoms with E-state index in [2.05, 4.69) is 313 Å². The SMILES string of the molecule is CCCCCCOc1ccc(C2(c3ccc(OCCCCCC)c(C=Cc4ccccc4P(c4ccccc4)c4ccccc4)c3)c3cc(Br)ccc3-c3ccc(Br)cc32)cc1C=Cc1ccccc1P(c1ccccc1)c1ccccc1. The zero-order chi connectivity index (χ0) is 56.8. The van der Waals surface area contributed by atoms with E-state index in [0.29, 0.717) is 13.2 Å². The second-order valence-corrected chi connectivity index (χ2v) is 27.5. The lowest BCUT2D eigenvalue weighted by Gasteiger charge is -2.35. The maximum atomic E-state index is 6.89. The summed E-state index contributed by atoms with van der Waals surface area (Å²) in [5.74, 6) is 1.76. The van der Waals surface area contributed by atoms with E-state index in [-0.39, 0.29) is 0 Å². The molecule has 2 nitrogen and oxygen atoms in total. The Kier molecular flexibility index (Phi) is 19.6. The van der Waals surface area contributed by atoms with Crippen LogP contribution in [-0.2, 0) is 5.41 Å². The number of rotatable bonds is 24. The van der Waals surface area contributed by atoms with E-state index in [1.807, 2.05) is 0 Å². The lowest BCUT2D eigenvalue weighted by atomic mass is 9.67. The van der Waals surface area contributed by atoms with Gasteiger partial charge in [-0.3, -0.25) is 0 Å². The van der Waals surface area contributed by atoms with E-state index >= 15 is 0 Å². The molecule has 0 fully saturated rings. The van der Waals surface area contributed by atoms with Crippen molar-refractivity contribution < 1.29 is 9.47 Å². The predicted octanol–water partition coefficient (Wildman–Crippen LogP) is 19.4. The standard InChI is InChI=1S/C77H70Br2O2P2/c1-3-5-7-25-51-80-73-49-43-61(53-59(73)41-39-57-27-21-23-37-75(57)82(65-29-13-9-14-30-65)66-31-15-10-16-32-66)77(71-55-63(78)45-47-69(71)70-48-46-64(79)56-72(70)77)62-44-50-74(81-52-26-8-6-4-2)60(54-62)42-40-58-28-22-24-38-76(58)83(67-33-17-11-18-34-67)68-35-19-12-20-36-68/h9-24,27-50,53-56H,3-8,25-26,51-52H2,1-2H3. The van der Waals surface area contributed by atoms with Crippen LogP contribution in [0.3, 0.4) is 0 Å².